The van der Waals surface area contributed by atoms with Gasteiger partial charge in [0.15, 0.2) is 0 Å². The van der Waals surface area contributed by atoms with Crippen molar-refractivity contribution < 1.29 is 23.5 Å². The fourth-order valence-electron chi connectivity index (χ4n) is 3.37. The van der Waals surface area contributed by atoms with E-state index in [0.29, 0.717) is 30.3 Å². The zero-order valence-electron chi connectivity index (χ0n) is 17.8. The van der Waals surface area contributed by atoms with Crippen molar-refractivity contribution in [2.24, 2.45) is 5.92 Å². The van der Waals surface area contributed by atoms with Crippen molar-refractivity contribution in [1.29, 1.82) is 0 Å². The van der Waals surface area contributed by atoms with Crippen LogP contribution in [0.15, 0.2) is 48.5 Å². The largest absolute Gasteiger partial charge is 0.497 e. The van der Waals surface area contributed by atoms with Gasteiger partial charge in [0.2, 0.25) is 5.91 Å². The number of benzene rings is 2. The highest BCUT2D eigenvalue weighted by atomic mass is 19.1. The van der Waals surface area contributed by atoms with Crippen LogP contribution < -0.4 is 15.0 Å². The van der Waals surface area contributed by atoms with Crippen LogP contribution in [0.2, 0.25) is 0 Å². The van der Waals surface area contributed by atoms with E-state index in [2.05, 4.69) is 5.32 Å². The standard InChI is InChI=1S/C23H26FN3O4/c1-15(2)12-13-26-20(14-21(28)25-17-6-10-19(31-3)11-7-17)22(29)27(23(26)30)18-8-4-16(24)5-9-18/h4-11,15,20H,12-14H2,1-3H3,(H,25,28). The van der Waals surface area contributed by atoms with Gasteiger partial charge in [-0.1, -0.05) is 13.8 Å². The van der Waals surface area contributed by atoms with Gasteiger partial charge in [0, 0.05) is 12.2 Å². The van der Waals surface area contributed by atoms with E-state index in [0.717, 1.165) is 4.90 Å². The molecule has 2 aromatic rings. The first-order valence-electron chi connectivity index (χ1n) is 10.1. The van der Waals surface area contributed by atoms with Crippen LogP contribution in [0, 0.1) is 11.7 Å². The van der Waals surface area contributed by atoms with Gasteiger partial charge in [-0.2, -0.15) is 0 Å². The molecule has 164 valence electrons. The van der Waals surface area contributed by atoms with Gasteiger partial charge < -0.3 is 15.0 Å². The van der Waals surface area contributed by atoms with Crippen LogP contribution in [0.4, 0.5) is 20.6 Å². The zero-order valence-corrected chi connectivity index (χ0v) is 17.8. The average Bonchev–Trinajstić information content (AvgIpc) is 2.97. The summed E-state index contributed by atoms with van der Waals surface area (Å²) in [5.74, 6) is -0.368. The molecule has 3 rings (SSSR count). The normalized spacial score (nSPS) is 16.2. The summed E-state index contributed by atoms with van der Waals surface area (Å²) in [6, 6.07) is 10.5. The lowest BCUT2D eigenvalue weighted by molar-refractivity contribution is -0.124. The molecule has 0 bridgehead atoms. The Bertz CT molecular complexity index is 944. The third kappa shape index (κ3) is 5.20. The topological polar surface area (TPSA) is 79.0 Å². The van der Waals surface area contributed by atoms with E-state index in [1.165, 1.54) is 29.2 Å². The Labute approximate surface area is 180 Å². The molecule has 1 saturated heterocycles. The smallest absolute Gasteiger partial charge is 0.332 e. The molecule has 1 aliphatic rings. The predicted molar refractivity (Wildman–Crippen MR) is 115 cm³/mol. The Morgan fingerprint density at radius 1 is 1.10 bits per heavy atom. The molecule has 0 aromatic heterocycles. The zero-order chi connectivity index (χ0) is 22.5. The fourth-order valence-corrected chi connectivity index (χ4v) is 3.37. The lowest BCUT2D eigenvalue weighted by atomic mass is 10.1. The van der Waals surface area contributed by atoms with Gasteiger partial charge in [-0.25, -0.2) is 14.1 Å². The highest BCUT2D eigenvalue weighted by molar-refractivity contribution is 6.22. The van der Waals surface area contributed by atoms with Crippen LogP contribution in [-0.2, 0) is 9.59 Å². The Hall–Kier alpha value is -3.42. The van der Waals surface area contributed by atoms with E-state index in [-0.39, 0.29) is 18.0 Å². The minimum Gasteiger partial charge on any atom is -0.497 e. The second kappa shape index (κ2) is 9.59. The van der Waals surface area contributed by atoms with Crippen LogP contribution in [0.3, 0.4) is 0 Å². The van der Waals surface area contributed by atoms with Gasteiger partial charge in [-0.05, 0) is 60.9 Å². The summed E-state index contributed by atoms with van der Waals surface area (Å²) >= 11 is 0. The highest BCUT2D eigenvalue weighted by Crippen LogP contribution is 2.28. The van der Waals surface area contributed by atoms with Gasteiger partial charge in [-0.15, -0.1) is 0 Å². The van der Waals surface area contributed by atoms with E-state index in [4.69, 9.17) is 4.74 Å². The number of amides is 4. The Balaban J connectivity index is 1.78. The molecule has 1 heterocycles. The predicted octanol–water partition coefficient (Wildman–Crippen LogP) is 4.05. The van der Waals surface area contributed by atoms with Gasteiger partial charge in [0.25, 0.3) is 5.91 Å². The van der Waals surface area contributed by atoms with Crippen molar-refractivity contribution in [2.75, 3.05) is 23.9 Å². The van der Waals surface area contributed by atoms with E-state index in [9.17, 15) is 18.8 Å². The maximum atomic E-state index is 13.3. The number of imide groups is 1. The van der Waals surface area contributed by atoms with Crippen LogP contribution in [0.1, 0.15) is 26.7 Å². The average molecular weight is 427 g/mol. The second-order valence-corrected chi connectivity index (χ2v) is 7.81. The summed E-state index contributed by atoms with van der Waals surface area (Å²) in [6.45, 7) is 4.39. The van der Waals surface area contributed by atoms with Gasteiger partial charge in [0.05, 0.1) is 19.2 Å². The van der Waals surface area contributed by atoms with Gasteiger partial charge in [0.1, 0.15) is 17.6 Å². The van der Waals surface area contributed by atoms with Crippen molar-refractivity contribution in [3.05, 3.63) is 54.3 Å². The monoisotopic (exact) mass is 427 g/mol. The third-order valence-electron chi connectivity index (χ3n) is 5.10. The number of carbonyl (C=O) groups is 3. The number of methoxy groups -OCH3 is 1. The molecule has 31 heavy (non-hydrogen) atoms. The molecule has 2 aromatic carbocycles. The molecule has 1 N–H and O–H groups in total. The highest BCUT2D eigenvalue weighted by Gasteiger charge is 2.46. The number of urea groups is 1. The number of nitrogens with zero attached hydrogens (tertiary/aromatic N) is 2. The fraction of sp³-hybridized carbons (Fsp3) is 0.348. The van der Waals surface area contributed by atoms with Crippen molar-refractivity contribution in [3.63, 3.8) is 0 Å². The lowest BCUT2D eigenvalue weighted by Crippen LogP contribution is -2.39. The second-order valence-electron chi connectivity index (χ2n) is 7.81. The number of halogens is 1. The first kappa shape index (κ1) is 22.3. The molecule has 1 atom stereocenters. The molecular formula is C23H26FN3O4. The first-order chi connectivity index (χ1) is 14.8. The summed E-state index contributed by atoms with van der Waals surface area (Å²) in [5, 5.41) is 2.75. The maximum absolute atomic E-state index is 13.3. The van der Waals surface area contributed by atoms with Crippen LogP contribution >= 0.6 is 0 Å². The van der Waals surface area contributed by atoms with Gasteiger partial charge >= 0.3 is 6.03 Å². The van der Waals surface area contributed by atoms with Crippen LogP contribution in [-0.4, -0.2) is 42.4 Å². The first-order valence-corrected chi connectivity index (χ1v) is 10.1. The molecule has 1 fully saturated rings. The summed E-state index contributed by atoms with van der Waals surface area (Å²) < 4.78 is 18.4. The Morgan fingerprint density at radius 3 is 2.32 bits per heavy atom. The van der Waals surface area contributed by atoms with Crippen molar-refractivity contribution >= 4 is 29.2 Å². The number of rotatable bonds is 8. The minimum absolute atomic E-state index is 0.174. The van der Waals surface area contributed by atoms with Crippen molar-refractivity contribution in [2.45, 2.75) is 32.7 Å². The van der Waals surface area contributed by atoms with E-state index >= 15 is 0 Å². The summed E-state index contributed by atoms with van der Waals surface area (Å²) in [4.78, 5) is 41.2. The van der Waals surface area contributed by atoms with E-state index < -0.39 is 23.8 Å². The molecule has 4 amide bonds. The van der Waals surface area contributed by atoms with E-state index in [1.807, 2.05) is 13.8 Å². The number of anilines is 2. The van der Waals surface area contributed by atoms with Crippen molar-refractivity contribution in [3.8, 4) is 5.75 Å². The number of carbonyl (C=O) groups excluding carboxylic acids is 3. The van der Waals surface area contributed by atoms with Crippen LogP contribution in [0.5, 0.6) is 5.75 Å². The lowest BCUT2D eigenvalue weighted by Gasteiger charge is -2.22. The maximum Gasteiger partial charge on any atom is 0.332 e. The molecule has 1 unspecified atom stereocenters. The Kier molecular flexibility index (Phi) is 6.89. The van der Waals surface area contributed by atoms with E-state index in [1.54, 1.807) is 31.4 Å². The molecule has 0 aliphatic carbocycles. The number of hydrogen-bond acceptors (Lipinski definition) is 4. The van der Waals surface area contributed by atoms with Crippen LogP contribution in [0.25, 0.3) is 0 Å². The summed E-state index contributed by atoms with van der Waals surface area (Å²) in [5.41, 5.74) is 0.843. The molecule has 0 saturated carbocycles. The van der Waals surface area contributed by atoms with Gasteiger partial charge in [-0.3, -0.25) is 9.59 Å². The molecule has 8 heteroatoms. The molecular weight excluding hydrogens is 401 g/mol. The molecule has 7 nitrogen and oxygen atoms in total. The minimum atomic E-state index is -0.922. The van der Waals surface area contributed by atoms with Crippen molar-refractivity contribution in [1.82, 2.24) is 4.90 Å². The number of nitrogens with one attached hydrogen (secondary N) is 1. The number of ether oxygens (including phenoxy) is 1. The quantitative estimate of drug-likeness (QED) is 0.645. The number of hydrogen-bond donors (Lipinski definition) is 1. The summed E-state index contributed by atoms with van der Waals surface area (Å²) in [6.07, 6.45) is 0.513. The molecule has 0 spiro atoms. The molecule has 0 radical (unpaired) electrons. The Morgan fingerprint density at radius 2 is 1.74 bits per heavy atom. The third-order valence-corrected chi connectivity index (χ3v) is 5.10. The molecule has 1 aliphatic heterocycles. The summed E-state index contributed by atoms with van der Waals surface area (Å²) in [7, 11) is 1.55. The SMILES string of the molecule is COc1ccc(NC(=O)CC2C(=O)N(c3ccc(F)cc3)C(=O)N2CCC(C)C)cc1.